The van der Waals surface area contributed by atoms with E-state index in [2.05, 4.69) is 18.8 Å². The van der Waals surface area contributed by atoms with Crippen LogP contribution in [0.5, 0.6) is 5.75 Å². The highest BCUT2D eigenvalue weighted by molar-refractivity contribution is 5.82. The summed E-state index contributed by atoms with van der Waals surface area (Å²) in [5, 5.41) is 0. The van der Waals surface area contributed by atoms with Crippen molar-refractivity contribution in [1.29, 1.82) is 0 Å². The molecule has 0 saturated heterocycles. The number of esters is 1. The molecule has 0 aliphatic carbocycles. The summed E-state index contributed by atoms with van der Waals surface area (Å²) >= 11 is 0. The second kappa shape index (κ2) is 10.4. The molecule has 30 heavy (non-hydrogen) atoms. The summed E-state index contributed by atoms with van der Waals surface area (Å²) in [4.78, 5) is 28.2. The quantitative estimate of drug-likeness (QED) is 0.525. The van der Waals surface area contributed by atoms with Crippen molar-refractivity contribution in [1.82, 2.24) is 4.98 Å². The van der Waals surface area contributed by atoms with Crippen LogP contribution in [-0.4, -0.2) is 17.6 Å². The number of ether oxygens (including phenoxy) is 2. The first-order valence-corrected chi connectivity index (χ1v) is 10.2. The van der Waals surface area contributed by atoms with Gasteiger partial charge in [0.2, 0.25) is 5.43 Å². The molecule has 0 aliphatic heterocycles. The van der Waals surface area contributed by atoms with E-state index in [4.69, 9.17) is 9.47 Å². The van der Waals surface area contributed by atoms with Crippen molar-refractivity contribution >= 4 is 5.97 Å². The summed E-state index contributed by atoms with van der Waals surface area (Å²) in [7, 11) is 0. The zero-order chi connectivity index (χ0) is 21.3. The SMILES string of the molecule is CC(C)CCOc1c[nH]c(COC(=O)C(c2ccccc2)c2ccccc2)cc1=O. The Morgan fingerprint density at radius 3 is 2.10 bits per heavy atom. The number of hydrogen-bond acceptors (Lipinski definition) is 4. The maximum Gasteiger partial charge on any atom is 0.318 e. The lowest BCUT2D eigenvalue weighted by Crippen LogP contribution is -2.18. The summed E-state index contributed by atoms with van der Waals surface area (Å²) in [6.07, 6.45) is 2.40. The minimum Gasteiger partial charge on any atom is -0.488 e. The van der Waals surface area contributed by atoms with Crippen LogP contribution < -0.4 is 10.2 Å². The molecule has 156 valence electrons. The van der Waals surface area contributed by atoms with E-state index in [1.165, 1.54) is 12.3 Å². The van der Waals surface area contributed by atoms with Crippen LogP contribution in [-0.2, 0) is 16.1 Å². The van der Waals surface area contributed by atoms with Crippen molar-refractivity contribution < 1.29 is 14.3 Å². The highest BCUT2D eigenvalue weighted by Gasteiger charge is 2.24. The lowest BCUT2D eigenvalue weighted by atomic mass is 9.91. The van der Waals surface area contributed by atoms with Gasteiger partial charge in [-0.25, -0.2) is 0 Å². The van der Waals surface area contributed by atoms with E-state index >= 15 is 0 Å². The van der Waals surface area contributed by atoms with Crippen LogP contribution in [0.1, 0.15) is 43.0 Å². The molecule has 0 unspecified atom stereocenters. The smallest absolute Gasteiger partial charge is 0.318 e. The van der Waals surface area contributed by atoms with Gasteiger partial charge in [0.1, 0.15) is 12.5 Å². The molecule has 0 aliphatic rings. The van der Waals surface area contributed by atoms with E-state index in [0.29, 0.717) is 18.2 Å². The van der Waals surface area contributed by atoms with E-state index in [0.717, 1.165) is 17.5 Å². The lowest BCUT2D eigenvalue weighted by molar-refractivity contribution is -0.145. The molecule has 0 saturated carbocycles. The van der Waals surface area contributed by atoms with Gasteiger partial charge in [-0.05, 0) is 23.5 Å². The van der Waals surface area contributed by atoms with Gasteiger partial charge in [-0.1, -0.05) is 74.5 Å². The molecule has 0 amide bonds. The first-order chi connectivity index (χ1) is 14.5. The van der Waals surface area contributed by atoms with Gasteiger partial charge in [-0.3, -0.25) is 9.59 Å². The molecule has 3 aromatic rings. The van der Waals surface area contributed by atoms with Crippen molar-refractivity contribution in [3.05, 3.63) is 100.0 Å². The summed E-state index contributed by atoms with van der Waals surface area (Å²) in [6.45, 7) is 4.67. The Morgan fingerprint density at radius 1 is 0.967 bits per heavy atom. The molecule has 2 aromatic carbocycles. The number of benzene rings is 2. The van der Waals surface area contributed by atoms with Crippen molar-refractivity contribution in [3.8, 4) is 5.75 Å². The highest BCUT2D eigenvalue weighted by atomic mass is 16.5. The lowest BCUT2D eigenvalue weighted by Gasteiger charge is -2.17. The maximum absolute atomic E-state index is 12.9. The Kier molecular flexibility index (Phi) is 7.44. The fraction of sp³-hybridized carbons (Fsp3) is 0.280. The van der Waals surface area contributed by atoms with Crippen LogP contribution in [0.15, 0.2) is 77.7 Å². The van der Waals surface area contributed by atoms with Crippen molar-refractivity contribution in [2.75, 3.05) is 6.61 Å². The van der Waals surface area contributed by atoms with Crippen molar-refractivity contribution in [3.63, 3.8) is 0 Å². The van der Waals surface area contributed by atoms with Gasteiger partial charge in [-0.2, -0.15) is 0 Å². The monoisotopic (exact) mass is 405 g/mol. The fourth-order valence-electron chi connectivity index (χ4n) is 3.09. The molecular weight excluding hydrogens is 378 g/mol. The van der Waals surface area contributed by atoms with Crippen LogP contribution in [0, 0.1) is 5.92 Å². The number of carbonyl (C=O) groups excluding carboxylic acids is 1. The number of carbonyl (C=O) groups is 1. The normalized spacial score (nSPS) is 10.9. The van der Waals surface area contributed by atoms with Gasteiger partial charge in [0.05, 0.1) is 12.3 Å². The zero-order valence-electron chi connectivity index (χ0n) is 17.3. The third-order valence-corrected chi connectivity index (χ3v) is 4.76. The Balaban J connectivity index is 1.68. The van der Waals surface area contributed by atoms with Gasteiger partial charge in [-0.15, -0.1) is 0 Å². The zero-order valence-corrected chi connectivity index (χ0v) is 17.3. The van der Waals surface area contributed by atoms with E-state index in [-0.39, 0.29) is 23.8 Å². The average molecular weight is 405 g/mol. The Labute approximate surface area is 176 Å². The topological polar surface area (TPSA) is 68.4 Å². The second-order valence-corrected chi connectivity index (χ2v) is 7.58. The second-order valence-electron chi connectivity index (χ2n) is 7.58. The van der Waals surface area contributed by atoms with Gasteiger partial charge in [0.15, 0.2) is 5.75 Å². The minimum atomic E-state index is -0.530. The van der Waals surface area contributed by atoms with Crippen LogP contribution in [0.25, 0.3) is 0 Å². The number of pyridine rings is 1. The minimum absolute atomic E-state index is 0.0173. The Bertz CT molecular complexity index is 957. The predicted molar refractivity (Wildman–Crippen MR) is 117 cm³/mol. The van der Waals surface area contributed by atoms with E-state index in [1.807, 2.05) is 60.7 Å². The molecule has 1 N–H and O–H groups in total. The summed E-state index contributed by atoms with van der Waals surface area (Å²) in [5.74, 6) is -0.120. The number of nitrogens with one attached hydrogen (secondary N) is 1. The van der Waals surface area contributed by atoms with Gasteiger partial charge in [0.25, 0.3) is 0 Å². The predicted octanol–water partition coefficient (Wildman–Crippen LogP) is 4.68. The van der Waals surface area contributed by atoms with Crippen molar-refractivity contribution in [2.45, 2.75) is 32.8 Å². The Morgan fingerprint density at radius 2 is 1.57 bits per heavy atom. The molecule has 5 nitrogen and oxygen atoms in total. The maximum atomic E-state index is 12.9. The van der Waals surface area contributed by atoms with E-state index < -0.39 is 5.92 Å². The summed E-state index contributed by atoms with van der Waals surface area (Å²) in [5.41, 5.74) is 2.00. The van der Waals surface area contributed by atoms with Gasteiger partial charge >= 0.3 is 5.97 Å². The van der Waals surface area contributed by atoms with Gasteiger partial charge < -0.3 is 14.5 Å². The fourth-order valence-corrected chi connectivity index (χ4v) is 3.09. The molecule has 1 heterocycles. The molecular formula is C25H27NO4. The Hall–Kier alpha value is -3.34. The molecule has 3 rings (SSSR count). The standard InChI is InChI=1S/C25H27NO4/c1-18(2)13-14-29-23-16-26-21(15-22(23)27)17-30-25(28)24(19-9-5-3-6-10-19)20-11-7-4-8-12-20/h3-12,15-16,18,24H,13-14,17H2,1-2H3,(H,26,27). The van der Waals surface area contributed by atoms with Gasteiger partial charge in [0, 0.05) is 12.3 Å². The molecule has 0 spiro atoms. The number of hydrogen-bond donors (Lipinski definition) is 1. The van der Waals surface area contributed by atoms with Crippen LogP contribution in [0.2, 0.25) is 0 Å². The van der Waals surface area contributed by atoms with Crippen LogP contribution in [0.4, 0.5) is 0 Å². The number of rotatable bonds is 9. The number of aromatic amines is 1. The van der Waals surface area contributed by atoms with Crippen molar-refractivity contribution in [2.24, 2.45) is 5.92 Å². The first-order valence-electron chi connectivity index (χ1n) is 10.2. The molecule has 5 heteroatoms. The van der Waals surface area contributed by atoms with E-state index in [1.54, 1.807) is 0 Å². The molecule has 0 bridgehead atoms. The largest absolute Gasteiger partial charge is 0.488 e. The molecule has 1 aromatic heterocycles. The van der Waals surface area contributed by atoms with Crippen LogP contribution >= 0.6 is 0 Å². The number of aromatic nitrogens is 1. The summed E-state index contributed by atoms with van der Waals surface area (Å²) < 4.78 is 11.1. The highest BCUT2D eigenvalue weighted by Crippen LogP contribution is 2.26. The average Bonchev–Trinajstić information content (AvgIpc) is 2.75. The van der Waals surface area contributed by atoms with Crippen LogP contribution in [0.3, 0.4) is 0 Å². The van der Waals surface area contributed by atoms with E-state index in [9.17, 15) is 9.59 Å². The molecule has 0 atom stereocenters. The third kappa shape index (κ3) is 5.83. The number of H-pyrrole nitrogens is 1. The molecule has 0 radical (unpaired) electrons. The first kappa shape index (κ1) is 21.4. The summed E-state index contributed by atoms with van der Waals surface area (Å²) in [6, 6.07) is 20.4. The molecule has 0 fully saturated rings. The third-order valence-electron chi connectivity index (χ3n) is 4.76.